The fourth-order valence-corrected chi connectivity index (χ4v) is 1.10. The maximum absolute atomic E-state index is 11.5. The number of aliphatic carboxylic acids is 1. The van der Waals surface area contributed by atoms with E-state index in [2.05, 4.69) is 10.3 Å². The molecule has 16 heavy (non-hydrogen) atoms. The van der Waals surface area contributed by atoms with Crippen LogP contribution >= 0.6 is 0 Å². The van der Waals surface area contributed by atoms with Crippen LogP contribution in [0.1, 0.15) is 20.3 Å². The van der Waals surface area contributed by atoms with Gasteiger partial charge in [-0.15, -0.1) is 0 Å². The van der Waals surface area contributed by atoms with Crippen molar-refractivity contribution in [2.75, 3.05) is 5.32 Å². The largest absolute Gasteiger partial charge is 0.481 e. The van der Waals surface area contributed by atoms with Crippen LogP contribution in [0.2, 0.25) is 0 Å². The van der Waals surface area contributed by atoms with Crippen LogP contribution in [0.15, 0.2) is 24.4 Å². The molecule has 5 nitrogen and oxygen atoms in total. The summed E-state index contributed by atoms with van der Waals surface area (Å²) in [6.45, 7) is 3.01. The van der Waals surface area contributed by atoms with Crippen LogP contribution in [0, 0.1) is 5.41 Å². The lowest BCUT2D eigenvalue weighted by molar-refractivity contribution is -0.148. The summed E-state index contributed by atoms with van der Waals surface area (Å²) in [6.07, 6.45) is 1.47. The number of nitrogens with one attached hydrogen (secondary N) is 1. The number of carboxylic acid groups (broad SMARTS) is 1. The van der Waals surface area contributed by atoms with Gasteiger partial charge in [-0.05, 0) is 26.0 Å². The highest BCUT2D eigenvalue weighted by atomic mass is 16.4. The van der Waals surface area contributed by atoms with Crippen LogP contribution in [0.5, 0.6) is 0 Å². The molecule has 0 bridgehead atoms. The van der Waals surface area contributed by atoms with Crippen molar-refractivity contribution in [3.8, 4) is 0 Å². The van der Waals surface area contributed by atoms with Gasteiger partial charge in [0, 0.05) is 12.6 Å². The van der Waals surface area contributed by atoms with Crippen molar-refractivity contribution in [1.29, 1.82) is 0 Å². The first-order valence-corrected chi connectivity index (χ1v) is 4.86. The van der Waals surface area contributed by atoms with Crippen molar-refractivity contribution in [1.82, 2.24) is 4.98 Å². The van der Waals surface area contributed by atoms with E-state index in [0.717, 1.165) is 0 Å². The lowest BCUT2D eigenvalue weighted by Gasteiger charge is -2.17. The SMILES string of the molecule is CC(C)(CC(=O)Nc1ccccn1)C(=O)O. The first-order chi connectivity index (χ1) is 7.42. The Morgan fingerprint density at radius 3 is 2.62 bits per heavy atom. The summed E-state index contributed by atoms with van der Waals surface area (Å²) in [4.78, 5) is 26.2. The highest BCUT2D eigenvalue weighted by Gasteiger charge is 2.30. The Balaban J connectivity index is 2.58. The van der Waals surface area contributed by atoms with Crippen LogP contribution in [-0.4, -0.2) is 22.0 Å². The summed E-state index contributed by atoms with van der Waals surface area (Å²) in [6, 6.07) is 5.12. The standard InChI is InChI=1S/C11H14N2O3/c1-11(2,10(15)16)7-9(14)13-8-5-3-4-6-12-8/h3-6H,7H2,1-2H3,(H,15,16)(H,12,13,14). The number of hydrogen-bond acceptors (Lipinski definition) is 3. The van der Waals surface area contributed by atoms with Gasteiger partial charge in [-0.3, -0.25) is 9.59 Å². The van der Waals surface area contributed by atoms with Gasteiger partial charge in [0.05, 0.1) is 5.41 Å². The molecule has 0 atom stereocenters. The Hall–Kier alpha value is -1.91. The molecule has 1 heterocycles. The molecular weight excluding hydrogens is 208 g/mol. The molecule has 0 aliphatic carbocycles. The van der Waals surface area contributed by atoms with Gasteiger partial charge in [-0.2, -0.15) is 0 Å². The van der Waals surface area contributed by atoms with Gasteiger partial charge in [0.2, 0.25) is 5.91 Å². The van der Waals surface area contributed by atoms with E-state index in [9.17, 15) is 9.59 Å². The predicted octanol–water partition coefficient (Wildman–Crippen LogP) is 1.52. The Kier molecular flexibility index (Phi) is 3.60. The second-order valence-electron chi connectivity index (χ2n) is 4.13. The molecule has 0 aliphatic rings. The summed E-state index contributed by atoms with van der Waals surface area (Å²) in [5.74, 6) is -0.927. The van der Waals surface area contributed by atoms with Gasteiger partial charge in [0.15, 0.2) is 0 Å². The minimum Gasteiger partial charge on any atom is -0.481 e. The number of hydrogen-bond donors (Lipinski definition) is 2. The molecule has 0 saturated carbocycles. The van der Waals surface area contributed by atoms with Crippen molar-refractivity contribution in [2.24, 2.45) is 5.41 Å². The molecule has 1 amide bonds. The molecule has 0 aromatic carbocycles. The topological polar surface area (TPSA) is 79.3 Å². The Morgan fingerprint density at radius 1 is 1.44 bits per heavy atom. The third-order valence-corrected chi connectivity index (χ3v) is 2.11. The number of carbonyl (C=O) groups is 2. The van der Waals surface area contributed by atoms with Gasteiger partial charge in [-0.25, -0.2) is 4.98 Å². The number of anilines is 1. The highest BCUT2D eigenvalue weighted by Crippen LogP contribution is 2.20. The lowest BCUT2D eigenvalue weighted by Crippen LogP contribution is -2.29. The molecule has 0 radical (unpaired) electrons. The maximum atomic E-state index is 11.5. The number of pyridine rings is 1. The molecular formula is C11H14N2O3. The van der Waals surface area contributed by atoms with Gasteiger partial charge in [-0.1, -0.05) is 6.07 Å². The summed E-state index contributed by atoms with van der Waals surface area (Å²) in [5.41, 5.74) is -1.07. The molecule has 86 valence electrons. The molecule has 0 spiro atoms. The monoisotopic (exact) mass is 222 g/mol. The van der Waals surface area contributed by atoms with Crippen molar-refractivity contribution < 1.29 is 14.7 Å². The molecule has 0 saturated heterocycles. The third-order valence-electron chi connectivity index (χ3n) is 2.11. The van der Waals surface area contributed by atoms with Crippen LogP contribution in [0.4, 0.5) is 5.82 Å². The van der Waals surface area contributed by atoms with E-state index in [1.165, 1.54) is 13.8 Å². The lowest BCUT2D eigenvalue weighted by atomic mass is 9.89. The maximum Gasteiger partial charge on any atom is 0.309 e. The van der Waals surface area contributed by atoms with Crippen LogP contribution in [0.3, 0.4) is 0 Å². The normalized spacial score (nSPS) is 10.9. The number of amides is 1. The molecule has 1 aromatic rings. The van der Waals surface area contributed by atoms with E-state index in [1.54, 1.807) is 24.4 Å². The summed E-state index contributed by atoms with van der Waals surface area (Å²) < 4.78 is 0. The second-order valence-corrected chi connectivity index (χ2v) is 4.13. The quantitative estimate of drug-likeness (QED) is 0.809. The first-order valence-electron chi connectivity index (χ1n) is 4.86. The second kappa shape index (κ2) is 4.74. The molecule has 1 aromatic heterocycles. The van der Waals surface area contributed by atoms with Gasteiger partial charge >= 0.3 is 5.97 Å². The molecule has 0 aliphatic heterocycles. The van der Waals surface area contributed by atoms with Crippen LogP contribution in [0.25, 0.3) is 0 Å². The van der Waals surface area contributed by atoms with Crippen molar-refractivity contribution in [2.45, 2.75) is 20.3 Å². The van der Waals surface area contributed by atoms with Crippen molar-refractivity contribution >= 4 is 17.7 Å². The number of rotatable bonds is 4. The zero-order valence-electron chi connectivity index (χ0n) is 9.23. The number of carboxylic acids is 1. The molecule has 0 fully saturated rings. The smallest absolute Gasteiger partial charge is 0.309 e. The molecule has 2 N–H and O–H groups in total. The first kappa shape index (κ1) is 12.2. The third kappa shape index (κ3) is 3.34. The summed E-state index contributed by atoms with van der Waals surface area (Å²) in [7, 11) is 0. The highest BCUT2D eigenvalue weighted by molar-refractivity contribution is 5.93. The molecule has 1 rings (SSSR count). The van der Waals surface area contributed by atoms with Gasteiger partial charge < -0.3 is 10.4 Å². The van der Waals surface area contributed by atoms with E-state index in [4.69, 9.17) is 5.11 Å². The van der Waals surface area contributed by atoms with E-state index >= 15 is 0 Å². The number of nitrogens with zero attached hydrogens (tertiary/aromatic N) is 1. The number of carbonyl (C=O) groups excluding carboxylic acids is 1. The Morgan fingerprint density at radius 2 is 2.12 bits per heavy atom. The predicted molar refractivity (Wildman–Crippen MR) is 58.9 cm³/mol. The zero-order valence-corrected chi connectivity index (χ0v) is 9.23. The van der Waals surface area contributed by atoms with E-state index in [-0.39, 0.29) is 12.3 Å². The summed E-state index contributed by atoms with van der Waals surface area (Å²) >= 11 is 0. The van der Waals surface area contributed by atoms with Crippen molar-refractivity contribution in [3.05, 3.63) is 24.4 Å². The minimum absolute atomic E-state index is 0.0844. The van der Waals surface area contributed by atoms with Crippen LogP contribution < -0.4 is 5.32 Å². The van der Waals surface area contributed by atoms with E-state index in [1.807, 2.05) is 0 Å². The minimum atomic E-state index is -1.07. The van der Waals surface area contributed by atoms with Crippen molar-refractivity contribution in [3.63, 3.8) is 0 Å². The number of aromatic nitrogens is 1. The average molecular weight is 222 g/mol. The van der Waals surface area contributed by atoms with E-state index in [0.29, 0.717) is 5.82 Å². The molecule has 0 unspecified atom stereocenters. The van der Waals surface area contributed by atoms with Gasteiger partial charge in [0.25, 0.3) is 0 Å². The Bertz CT molecular complexity index is 387. The van der Waals surface area contributed by atoms with Gasteiger partial charge in [0.1, 0.15) is 5.82 Å². The van der Waals surface area contributed by atoms with E-state index < -0.39 is 11.4 Å². The summed E-state index contributed by atoms with van der Waals surface area (Å²) in [5, 5.41) is 11.4. The fourth-order valence-electron chi connectivity index (χ4n) is 1.10. The fraction of sp³-hybridized carbons (Fsp3) is 0.364. The average Bonchev–Trinajstić information content (AvgIpc) is 2.17. The molecule has 5 heteroatoms. The zero-order chi connectivity index (χ0) is 12.2. The van der Waals surface area contributed by atoms with Crippen LogP contribution in [-0.2, 0) is 9.59 Å². The Labute approximate surface area is 93.5 Å².